The van der Waals surface area contributed by atoms with Gasteiger partial charge in [-0.25, -0.2) is 0 Å². The van der Waals surface area contributed by atoms with E-state index in [4.69, 9.17) is 4.74 Å². The molecule has 154 valence electrons. The number of nitrogens with zero attached hydrogens (tertiary/aromatic N) is 2. The van der Waals surface area contributed by atoms with Crippen LogP contribution in [0.5, 0.6) is 0 Å². The van der Waals surface area contributed by atoms with Crippen LogP contribution in [0.1, 0.15) is 45.7 Å². The van der Waals surface area contributed by atoms with Gasteiger partial charge in [0.05, 0.1) is 11.5 Å². The van der Waals surface area contributed by atoms with Gasteiger partial charge in [0.2, 0.25) is 0 Å². The Morgan fingerprint density at radius 1 is 1.34 bits per heavy atom. The Kier molecular flexibility index (Phi) is 8.66. The van der Waals surface area contributed by atoms with Crippen molar-refractivity contribution < 1.29 is 9.53 Å². The highest BCUT2D eigenvalue weighted by molar-refractivity contribution is 5.77. The van der Waals surface area contributed by atoms with E-state index in [2.05, 4.69) is 19.2 Å². The van der Waals surface area contributed by atoms with Crippen molar-refractivity contribution in [1.82, 2.24) is 4.90 Å². The van der Waals surface area contributed by atoms with Crippen LogP contribution < -0.4 is 0 Å². The predicted octanol–water partition coefficient (Wildman–Crippen LogP) is 5.65. The minimum atomic E-state index is -0.561. The molecule has 0 N–H and O–H groups in total. The molecule has 0 bridgehead atoms. The predicted molar refractivity (Wildman–Crippen MR) is 120 cm³/mol. The summed E-state index contributed by atoms with van der Waals surface area (Å²) in [6, 6.07) is 10.2. The molecule has 4 nitrogen and oxygen atoms in total. The van der Waals surface area contributed by atoms with Crippen molar-refractivity contribution in [2.75, 3.05) is 7.05 Å². The van der Waals surface area contributed by atoms with E-state index in [9.17, 15) is 10.1 Å². The van der Waals surface area contributed by atoms with Crippen LogP contribution in [-0.2, 0) is 16.1 Å². The van der Waals surface area contributed by atoms with Gasteiger partial charge in [-0.1, -0.05) is 49.6 Å². The van der Waals surface area contributed by atoms with E-state index in [-0.39, 0.29) is 5.97 Å². The van der Waals surface area contributed by atoms with Gasteiger partial charge in [-0.15, -0.1) is 0 Å². The summed E-state index contributed by atoms with van der Waals surface area (Å²) in [7, 11) is 1.89. The number of hydrogen-bond donors (Lipinski definition) is 0. The second-order valence-electron chi connectivity index (χ2n) is 7.92. The number of benzene rings is 1. The van der Waals surface area contributed by atoms with Gasteiger partial charge in [0.25, 0.3) is 0 Å². The fourth-order valence-corrected chi connectivity index (χ4v) is 2.77. The molecule has 0 aliphatic heterocycles. The Labute approximate surface area is 175 Å². The molecule has 1 atom stereocenters. The Morgan fingerprint density at radius 3 is 2.48 bits per heavy atom. The highest BCUT2D eigenvalue weighted by Gasteiger charge is 2.24. The first kappa shape index (κ1) is 24.0. The Bertz CT molecular complexity index is 864. The maximum absolute atomic E-state index is 12.4. The molecule has 1 rings (SSSR count). The lowest BCUT2D eigenvalue weighted by Crippen LogP contribution is -2.28. The third-order valence-electron chi connectivity index (χ3n) is 4.48. The standard InChI is InChI=1S/C25H32N2O2/c1-9-20-13-11-12-14-22(20)17-27(8)19(4)23(16-26)15-21(10-2)18(3)24(28)29-25(5,6)7/h9-15,18H,1,4,17H2,2-3,5-8H3/b21-10+,23-15-. The van der Waals surface area contributed by atoms with E-state index in [1.807, 2.05) is 76.1 Å². The molecule has 0 saturated heterocycles. The maximum atomic E-state index is 12.4. The summed E-state index contributed by atoms with van der Waals surface area (Å²) >= 11 is 0. The van der Waals surface area contributed by atoms with Gasteiger partial charge < -0.3 is 9.64 Å². The molecule has 0 aliphatic rings. The molecule has 1 aromatic rings. The lowest BCUT2D eigenvalue weighted by atomic mass is 9.97. The minimum absolute atomic E-state index is 0.321. The Morgan fingerprint density at radius 2 is 1.97 bits per heavy atom. The van der Waals surface area contributed by atoms with Crippen molar-refractivity contribution in [2.45, 2.75) is 46.8 Å². The Balaban J connectivity index is 3.05. The van der Waals surface area contributed by atoms with Crippen LogP contribution in [0.25, 0.3) is 6.08 Å². The van der Waals surface area contributed by atoms with Crippen LogP contribution in [0.4, 0.5) is 0 Å². The molecule has 0 amide bonds. The zero-order chi connectivity index (χ0) is 22.2. The molecule has 0 fully saturated rings. The van der Waals surface area contributed by atoms with Gasteiger partial charge in [-0.3, -0.25) is 4.79 Å². The molecule has 1 unspecified atom stereocenters. The molecule has 1 aromatic carbocycles. The van der Waals surface area contributed by atoms with E-state index in [0.29, 0.717) is 17.8 Å². The van der Waals surface area contributed by atoms with E-state index in [0.717, 1.165) is 16.7 Å². The Hall–Kier alpha value is -3.06. The second kappa shape index (κ2) is 10.5. The highest BCUT2D eigenvalue weighted by Crippen LogP contribution is 2.23. The second-order valence-corrected chi connectivity index (χ2v) is 7.92. The molecule has 0 heterocycles. The minimum Gasteiger partial charge on any atom is -0.460 e. The summed E-state index contributed by atoms with van der Waals surface area (Å²) in [6.07, 6.45) is 5.35. The van der Waals surface area contributed by atoms with Gasteiger partial charge in [0.15, 0.2) is 0 Å². The summed E-state index contributed by atoms with van der Waals surface area (Å²) in [5.41, 5.74) is 3.29. The summed E-state index contributed by atoms with van der Waals surface area (Å²) in [5.74, 6) is -0.805. The van der Waals surface area contributed by atoms with Crippen LogP contribution in [-0.4, -0.2) is 23.5 Å². The molecule has 0 aromatic heterocycles. The number of nitriles is 1. The molecule has 0 saturated carbocycles. The number of esters is 1. The fraction of sp³-hybridized carbons (Fsp3) is 0.360. The topological polar surface area (TPSA) is 53.3 Å². The number of carbonyl (C=O) groups is 1. The molecule has 0 spiro atoms. The molecule has 0 radical (unpaired) electrons. The van der Waals surface area contributed by atoms with Gasteiger partial charge in [0, 0.05) is 19.3 Å². The maximum Gasteiger partial charge on any atom is 0.313 e. The van der Waals surface area contributed by atoms with E-state index < -0.39 is 11.5 Å². The third-order valence-corrected chi connectivity index (χ3v) is 4.48. The summed E-state index contributed by atoms with van der Waals surface area (Å²) in [5, 5.41) is 9.70. The summed E-state index contributed by atoms with van der Waals surface area (Å²) in [4.78, 5) is 14.3. The molecule has 29 heavy (non-hydrogen) atoms. The number of hydrogen-bond acceptors (Lipinski definition) is 4. The van der Waals surface area contributed by atoms with Crippen LogP contribution in [0.15, 0.2) is 66.4 Å². The van der Waals surface area contributed by atoms with E-state index >= 15 is 0 Å². The van der Waals surface area contributed by atoms with Crippen molar-refractivity contribution >= 4 is 12.0 Å². The number of rotatable bonds is 8. The van der Waals surface area contributed by atoms with Gasteiger partial charge in [-0.05, 0) is 57.4 Å². The third kappa shape index (κ3) is 7.12. The summed E-state index contributed by atoms with van der Waals surface area (Å²) in [6.45, 7) is 17.7. The van der Waals surface area contributed by atoms with Gasteiger partial charge >= 0.3 is 5.97 Å². The lowest BCUT2D eigenvalue weighted by molar-refractivity contribution is -0.157. The molecule has 0 aliphatic carbocycles. The zero-order valence-electron chi connectivity index (χ0n) is 18.5. The van der Waals surface area contributed by atoms with Crippen LogP contribution in [0.2, 0.25) is 0 Å². The zero-order valence-corrected chi connectivity index (χ0v) is 18.5. The van der Waals surface area contributed by atoms with Gasteiger partial charge in [-0.2, -0.15) is 5.26 Å². The fourth-order valence-electron chi connectivity index (χ4n) is 2.77. The lowest BCUT2D eigenvalue weighted by Gasteiger charge is -2.24. The summed E-state index contributed by atoms with van der Waals surface area (Å²) < 4.78 is 5.48. The molecular formula is C25H32N2O2. The van der Waals surface area contributed by atoms with Crippen molar-refractivity contribution in [2.24, 2.45) is 5.92 Å². The average molecular weight is 393 g/mol. The number of ether oxygens (including phenoxy) is 1. The van der Waals surface area contributed by atoms with E-state index in [1.165, 1.54) is 0 Å². The SMILES string of the molecule is C=Cc1ccccc1CN(C)C(=C)/C(C#N)=C\C(=C/C)C(C)C(=O)OC(C)(C)C. The number of likely N-dealkylation sites (N-methyl/N-ethyl adjacent to an activating group) is 1. The first-order valence-corrected chi connectivity index (χ1v) is 9.65. The quantitative estimate of drug-likeness (QED) is 0.326. The average Bonchev–Trinajstić information content (AvgIpc) is 2.67. The molecular weight excluding hydrogens is 360 g/mol. The first-order chi connectivity index (χ1) is 13.5. The van der Waals surface area contributed by atoms with Gasteiger partial charge in [0.1, 0.15) is 11.7 Å². The monoisotopic (exact) mass is 392 g/mol. The van der Waals surface area contributed by atoms with Crippen LogP contribution in [0.3, 0.4) is 0 Å². The van der Waals surface area contributed by atoms with Crippen LogP contribution >= 0.6 is 0 Å². The number of carbonyl (C=O) groups excluding carboxylic acids is 1. The highest BCUT2D eigenvalue weighted by atomic mass is 16.6. The van der Waals surface area contributed by atoms with Crippen molar-refractivity contribution in [1.29, 1.82) is 5.26 Å². The molecule has 4 heteroatoms. The first-order valence-electron chi connectivity index (χ1n) is 9.65. The van der Waals surface area contributed by atoms with E-state index in [1.54, 1.807) is 13.0 Å². The normalized spacial score (nSPS) is 13.3. The number of allylic oxidation sites excluding steroid dienone is 3. The van der Waals surface area contributed by atoms with Crippen molar-refractivity contribution in [3.05, 3.63) is 77.5 Å². The smallest absolute Gasteiger partial charge is 0.313 e. The van der Waals surface area contributed by atoms with Crippen molar-refractivity contribution in [3.8, 4) is 6.07 Å². The van der Waals surface area contributed by atoms with Crippen molar-refractivity contribution in [3.63, 3.8) is 0 Å². The largest absolute Gasteiger partial charge is 0.460 e. The van der Waals surface area contributed by atoms with Crippen LogP contribution in [0, 0.1) is 17.2 Å².